The summed E-state index contributed by atoms with van der Waals surface area (Å²) in [5.41, 5.74) is 5.95. The summed E-state index contributed by atoms with van der Waals surface area (Å²) < 4.78 is 28.8. The Bertz CT molecular complexity index is 1390. The molecular weight excluding hydrogens is 698 g/mol. The number of amides is 2. The van der Waals surface area contributed by atoms with Gasteiger partial charge in [0.2, 0.25) is 0 Å². The minimum atomic E-state index is -2.09. The van der Waals surface area contributed by atoms with Gasteiger partial charge in [-0.2, -0.15) is 0 Å². The fraction of sp³-hybridized carbons (Fsp3) is 0.639. The summed E-state index contributed by atoms with van der Waals surface area (Å²) in [6.45, 7) is 3.29. The van der Waals surface area contributed by atoms with Crippen molar-refractivity contribution < 1.29 is 68.7 Å². The van der Waals surface area contributed by atoms with Crippen LogP contribution in [0.4, 0.5) is 4.79 Å². The molecule has 10 N–H and O–H groups in total. The smallest absolute Gasteiger partial charge is 0.330 e. The van der Waals surface area contributed by atoms with Crippen molar-refractivity contribution in [3.8, 4) is 0 Å². The van der Waals surface area contributed by atoms with Gasteiger partial charge in [-0.05, 0) is 13.0 Å². The van der Waals surface area contributed by atoms with Crippen LogP contribution in [0.15, 0.2) is 60.8 Å². The summed E-state index contributed by atoms with van der Waals surface area (Å²) >= 11 is 0. The van der Waals surface area contributed by atoms with Crippen molar-refractivity contribution in [1.82, 2.24) is 10.6 Å². The van der Waals surface area contributed by atoms with Gasteiger partial charge in [-0.15, -0.1) is 0 Å². The number of carbonyl (C=O) groups excluding carboxylic acids is 2. The Morgan fingerprint density at radius 1 is 0.962 bits per heavy atom. The molecule has 0 radical (unpaired) electrons. The number of rotatable bonds is 6. The fourth-order valence-corrected chi connectivity index (χ4v) is 6.20. The van der Waals surface area contributed by atoms with Crippen LogP contribution in [0.2, 0.25) is 0 Å². The average Bonchev–Trinajstić information content (AvgIpc) is 3.82. The molecule has 2 bridgehead atoms. The lowest BCUT2D eigenvalue weighted by Gasteiger charge is -2.46. The van der Waals surface area contributed by atoms with Gasteiger partial charge in [0.15, 0.2) is 12.1 Å². The predicted molar refractivity (Wildman–Crippen MR) is 187 cm³/mol. The molecule has 0 spiro atoms. The van der Waals surface area contributed by atoms with Crippen LogP contribution in [0.1, 0.15) is 46.0 Å². The molecule has 4 heterocycles. The highest BCUT2D eigenvalue weighted by Gasteiger charge is 2.49. The first-order valence-electron chi connectivity index (χ1n) is 17.8. The van der Waals surface area contributed by atoms with Crippen LogP contribution in [0.3, 0.4) is 0 Å². The van der Waals surface area contributed by atoms with E-state index >= 15 is 0 Å². The zero-order valence-electron chi connectivity index (χ0n) is 29.8. The third-order valence-corrected chi connectivity index (χ3v) is 9.40. The van der Waals surface area contributed by atoms with Crippen molar-refractivity contribution in [2.75, 3.05) is 13.2 Å². The molecule has 296 valence electrons. The number of aliphatic hydroxyl groups is 5. The molecule has 0 aromatic carbocycles. The SMILES string of the molecule is C[C@H]1/C=C/C=C/C=C/C=C/[C@H](O[C@@H]2OC[C@@H](O)[C@H](N)[C@@H]2O)C[C@@H]2O[C@](O)(C[C@@H](O)C[C@H]3O[C@@H]3/C=C/C(=O)O[C@@H]1C)C[C@H](O)[C@H]2NC(=O)NCCC(=O)O. The first kappa shape index (κ1) is 42.3. The molecule has 0 saturated carbocycles. The Hall–Kier alpha value is -3.49. The maximum atomic E-state index is 12.8. The summed E-state index contributed by atoms with van der Waals surface area (Å²) in [5, 5.41) is 68.6. The second kappa shape index (κ2) is 19.7. The van der Waals surface area contributed by atoms with Crippen molar-refractivity contribution in [1.29, 1.82) is 0 Å². The lowest BCUT2D eigenvalue weighted by Crippen LogP contribution is -2.63. The van der Waals surface area contributed by atoms with Gasteiger partial charge in [0.05, 0.1) is 61.7 Å². The van der Waals surface area contributed by atoms with E-state index in [1.165, 1.54) is 12.2 Å². The van der Waals surface area contributed by atoms with E-state index in [9.17, 15) is 39.9 Å². The third kappa shape index (κ3) is 13.4. The number of esters is 1. The normalized spacial score (nSPS) is 43.0. The van der Waals surface area contributed by atoms with Gasteiger partial charge in [0, 0.05) is 44.2 Å². The van der Waals surface area contributed by atoms with Crippen molar-refractivity contribution in [2.45, 2.75) is 125 Å². The molecule has 53 heavy (non-hydrogen) atoms. The quantitative estimate of drug-likeness (QED) is 0.121. The van der Waals surface area contributed by atoms with Crippen molar-refractivity contribution in [2.24, 2.45) is 11.7 Å². The second-order valence-corrected chi connectivity index (χ2v) is 13.8. The number of nitrogens with two attached hydrogens (primary N) is 1. The number of urea groups is 1. The molecule has 4 rings (SSSR count). The highest BCUT2D eigenvalue weighted by Crippen LogP contribution is 2.36. The molecule has 3 fully saturated rings. The number of nitrogens with one attached hydrogen (secondary N) is 2. The molecule has 0 aliphatic carbocycles. The van der Waals surface area contributed by atoms with Gasteiger partial charge in [-0.25, -0.2) is 9.59 Å². The number of carboxylic acids is 1. The fourth-order valence-electron chi connectivity index (χ4n) is 6.20. The number of epoxide rings is 1. The van der Waals surface area contributed by atoms with Crippen molar-refractivity contribution in [3.05, 3.63) is 60.8 Å². The summed E-state index contributed by atoms with van der Waals surface area (Å²) in [4.78, 5) is 36.1. The summed E-state index contributed by atoms with van der Waals surface area (Å²) in [6, 6.07) is -3.03. The zero-order chi connectivity index (χ0) is 38.7. The van der Waals surface area contributed by atoms with Crippen LogP contribution in [-0.2, 0) is 33.3 Å². The summed E-state index contributed by atoms with van der Waals surface area (Å²) in [5.74, 6) is -3.84. The van der Waals surface area contributed by atoms with Gasteiger partial charge >= 0.3 is 18.0 Å². The minimum Gasteiger partial charge on any atom is -0.481 e. The lowest BCUT2D eigenvalue weighted by atomic mass is 9.87. The van der Waals surface area contributed by atoms with Crippen LogP contribution >= 0.6 is 0 Å². The molecule has 17 nitrogen and oxygen atoms in total. The highest BCUT2D eigenvalue weighted by atomic mass is 16.7. The van der Waals surface area contributed by atoms with E-state index in [1.807, 2.05) is 19.1 Å². The molecule has 4 aliphatic rings. The van der Waals surface area contributed by atoms with Crippen molar-refractivity contribution in [3.63, 3.8) is 0 Å². The summed E-state index contributed by atoms with van der Waals surface area (Å²) in [7, 11) is 0. The molecule has 2 amide bonds. The van der Waals surface area contributed by atoms with Crippen LogP contribution in [0.25, 0.3) is 0 Å². The molecule has 14 atom stereocenters. The number of ether oxygens (including phenoxy) is 5. The number of hydrogen-bond donors (Lipinski definition) is 9. The number of hydrogen-bond acceptors (Lipinski definition) is 14. The van der Waals surface area contributed by atoms with E-state index in [-0.39, 0.29) is 44.8 Å². The molecule has 0 unspecified atom stereocenters. The number of aliphatic hydroxyl groups excluding tert-OH is 4. The molecule has 0 aromatic rings. The predicted octanol–water partition coefficient (Wildman–Crippen LogP) is -0.581. The Morgan fingerprint density at radius 3 is 2.38 bits per heavy atom. The summed E-state index contributed by atoms with van der Waals surface area (Å²) in [6.07, 6.45) is 5.64. The number of carbonyl (C=O) groups is 3. The van der Waals surface area contributed by atoms with E-state index in [1.54, 1.807) is 43.4 Å². The van der Waals surface area contributed by atoms with Crippen LogP contribution < -0.4 is 16.4 Å². The van der Waals surface area contributed by atoms with Crippen LogP contribution in [0, 0.1) is 5.92 Å². The molecule has 0 aromatic heterocycles. The van der Waals surface area contributed by atoms with Gasteiger partial charge < -0.3 is 70.7 Å². The maximum Gasteiger partial charge on any atom is 0.330 e. The number of allylic oxidation sites excluding steroid dienone is 6. The largest absolute Gasteiger partial charge is 0.481 e. The standard InChI is InChI=1S/C36H53N3O14/c1-20-9-7-5-3-4-6-8-10-23(51-34-33(46)31(37)25(42)19-49-34)16-28-32(39-35(47)38-14-13-29(43)44)24(41)18-36(48,53-28)17-22(40)15-27-26(52-27)11-12-30(45)50-21(20)2/h3-12,20-28,31-34,40-42,46,48H,13-19,37H2,1-2H3,(H,43,44)(H2,38,39,47)/b5-3+,6-4+,9-7+,10-8+,12-11+/t20-,21+,22-,23-,24-,25+,26+,27+,28-,31-,32+,33-,34-,36+/m0/s1. The van der Waals surface area contributed by atoms with E-state index in [0.717, 1.165) is 0 Å². The highest BCUT2D eigenvalue weighted by molar-refractivity contribution is 5.82. The Labute approximate surface area is 307 Å². The molecule has 17 heteroatoms. The number of cyclic esters (lactones) is 1. The van der Waals surface area contributed by atoms with E-state index in [2.05, 4.69) is 10.6 Å². The second-order valence-electron chi connectivity index (χ2n) is 13.8. The van der Waals surface area contributed by atoms with Gasteiger partial charge in [-0.3, -0.25) is 4.79 Å². The first-order valence-corrected chi connectivity index (χ1v) is 17.8. The lowest BCUT2D eigenvalue weighted by molar-refractivity contribution is -0.298. The Kier molecular flexibility index (Phi) is 15.7. The van der Waals surface area contributed by atoms with Crippen molar-refractivity contribution >= 4 is 18.0 Å². The number of fused-ring (bicyclic) bond motifs is 3. The average molecular weight is 752 g/mol. The number of carboxylic acid groups (broad SMARTS) is 1. The Balaban J connectivity index is 1.61. The van der Waals surface area contributed by atoms with E-state index in [4.69, 9.17) is 34.5 Å². The molecule has 4 aliphatic heterocycles. The van der Waals surface area contributed by atoms with Gasteiger partial charge in [0.1, 0.15) is 18.3 Å². The topological polar surface area (TPSA) is 272 Å². The zero-order valence-corrected chi connectivity index (χ0v) is 29.8. The molecular formula is C36H53N3O14. The monoisotopic (exact) mass is 751 g/mol. The minimum absolute atomic E-state index is 0.0692. The van der Waals surface area contributed by atoms with Gasteiger partial charge in [0.25, 0.3) is 0 Å². The third-order valence-electron chi connectivity index (χ3n) is 9.40. The maximum absolute atomic E-state index is 12.8. The van der Waals surface area contributed by atoms with E-state index in [0.29, 0.717) is 0 Å². The van der Waals surface area contributed by atoms with Crippen LogP contribution in [-0.4, -0.2) is 141 Å². The Morgan fingerprint density at radius 2 is 1.66 bits per heavy atom. The number of aliphatic carboxylic acids is 1. The molecule has 3 saturated heterocycles. The van der Waals surface area contributed by atoms with Crippen LogP contribution in [0.5, 0.6) is 0 Å². The van der Waals surface area contributed by atoms with Gasteiger partial charge in [-0.1, -0.05) is 55.5 Å². The first-order chi connectivity index (χ1) is 25.1. The van der Waals surface area contributed by atoms with E-state index < -0.39 is 103 Å².